The number of fused-ring (bicyclic) bond motifs is 1. The number of anilines is 6. The summed E-state index contributed by atoms with van der Waals surface area (Å²) >= 11 is 0. The van der Waals surface area contributed by atoms with E-state index in [0.29, 0.717) is 0 Å². The maximum atomic E-state index is 4.75. The summed E-state index contributed by atoms with van der Waals surface area (Å²) in [6.07, 6.45) is 3.51. The lowest BCUT2D eigenvalue weighted by Crippen LogP contribution is -2.12. The Hall–Kier alpha value is -6.52. The van der Waals surface area contributed by atoms with Gasteiger partial charge in [-0.25, -0.2) is 0 Å². The molecule has 8 aromatic rings. The maximum absolute atomic E-state index is 4.75. The van der Waals surface area contributed by atoms with E-state index in [0.717, 1.165) is 56.6 Å². The molecule has 1 aromatic heterocycles. The zero-order chi connectivity index (χ0) is 32.1. The molecule has 0 fully saturated rings. The second-order valence-corrected chi connectivity index (χ2v) is 11.5. The van der Waals surface area contributed by atoms with Crippen LogP contribution in [0.25, 0.3) is 33.3 Å². The van der Waals surface area contributed by atoms with Gasteiger partial charge in [0.1, 0.15) is 0 Å². The molecule has 0 radical (unpaired) electrons. The number of rotatable bonds is 8. The van der Waals surface area contributed by atoms with Gasteiger partial charge in [0.05, 0.1) is 17.1 Å². The fourth-order valence-electron chi connectivity index (χ4n) is 6.31. The quantitative estimate of drug-likeness (QED) is 0.170. The molecule has 0 amide bonds. The standard InChI is InChI=1S/C44H32N4/c1-4-14-34(15-5-1)43-44(46-32-31-45-43)35-23-25-39(26-24-35)48(42-22-12-16-33-13-10-11-21-41(33)42)40-29-27-38(28-30-40)47(36-17-6-2-7-18-36)37-19-8-3-9-20-37/h1-32H. The molecule has 0 aliphatic heterocycles. The van der Waals surface area contributed by atoms with Crippen molar-refractivity contribution in [2.45, 2.75) is 0 Å². The predicted octanol–water partition coefficient (Wildman–Crippen LogP) is 11.9. The highest BCUT2D eigenvalue weighted by Gasteiger charge is 2.18. The Labute approximate surface area is 280 Å². The van der Waals surface area contributed by atoms with Gasteiger partial charge in [0.15, 0.2) is 0 Å². The van der Waals surface area contributed by atoms with E-state index >= 15 is 0 Å². The average molecular weight is 617 g/mol. The minimum atomic E-state index is 0.859. The van der Waals surface area contributed by atoms with Crippen LogP contribution in [0.15, 0.2) is 194 Å². The molecule has 1 heterocycles. The molecule has 0 spiro atoms. The number of hydrogen-bond donors (Lipinski definition) is 0. The topological polar surface area (TPSA) is 32.3 Å². The summed E-state index contributed by atoms with van der Waals surface area (Å²) in [5.74, 6) is 0. The van der Waals surface area contributed by atoms with E-state index in [1.807, 2.05) is 18.2 Å². The molecule has 0 saturated carbocycles. The summed E-state index contributed by atoms with van der Waals surface area (Å²) in [7, 11) is 0. The summed E-state index contributed by atoms with van der Waals surface area (Å²) in [5.41, 5.74) is 10.3. The first-order valence-corrected chi connectivity index (χ1v) is 16.1. The molecule has 0 saturated heterocycles. The third-order valence-electron chi connectivity index (χ3n) is 8.55. The van der Waals surface area contributed by atoms with Gasteiger partial charge in [0.25, 0.3) is 0 Å². The minimum Gasteiger partial charge on any atom is -0.311 e. The summed E-state index contributed by atoms with van der Waals surface area (Å²) < 4.78 is 0. The van der Waals surface area contributed by atoms with E-state index in [9.17, 15) is 0 Å². The van der Waals surface area contributed by atoms with Crippen LogP contribution < -0.4 is 9.80 Å². The largest absolute Gasteiger partial charge is 0.311 e. The van der Waals surface area contributed by atoms with Crippen molar-refractivity contribution in [3.8, 4) is 22.5 Å². The molecule has 0 unspecified atom stereocenters. The van der Waals surface area contributed by atoms with Gasteiger partial charge in [-0.3, -0.25) is 9.97 Å². The van der Waals surface area contributed by atoms with E-state index in [1.165, 1.54) is 10.8 Å². The van der Waals surface area contributed by atoms with Crippen LogP contribution in [-0.2, 0) is 0 Å². The van der Waals surface area contributed by atoms with Gasteiger partial charge in [-0.05, 0) is 72.1 Å². The number of nitrogens with zero attached hydrogens (tertiary/aromatic N) is 4. The van der Waals surface area contributed by atoms with Gasteiger partial charge in [0, 0.05) is 57.3 Å². The molecular formula is C44H32N4. The first-order chi connectivity index (χ1) is 23.8. The highest BCUT2D eigenvalue weighted by Crippen LogP contribution is 2.42. The summed E-state index contributed by atoms with van der Waals surface area (Å²) in [5, 5.41) is 2.38. The van der Waals surface area contributed by atoms with Crippen molar-refractivity contribution in [1.29, 1.82) is 0 Å². The van der Waals surface area contributed by atoms with E-state index in [1.54, 1.807) is 12.4 Å². The van der Waals surface area contributed by atoms with E-state index in [4.69, 9.17) is 9.97 Å². The van der Waals surface area contributed by atoms with Crippen LogP contribution in [-0.4, -0.2) is 9.97 Å². The van der Waals surface area contributed by atoms with Crippen LogP contribution in [0.5, 0.6) is 0 Å². The van der Waals surface area contributed by atoms with Gasteiger partial charge >= 0.3 is 0 Å². The first-order valence-electron chi connectivity index (χ1n) is 16.1. The fraction of sp³-hybridized carbons (Fsp3) is 0. The number of hydrogen-bond acceptors (Lipinski definition) is 4. The van der Waals surface area contributed by atoms with Gasteiger partial charge in [-0.2, -0.15) is 0 Å². The molecule has 4 nitrogen and oxygen atoms in total. The van der Waals surface area contributed by atoms with E-state index in [2.05, 4.69) is 174 Å². The number of benzene rings is 7. The maximum Gasteiger partial charge on any atom is 0.0965 e. The lowest BCUT2D eigenvalue weighted by atomic mass is 10.0. The zero-order valence-electron chi connectivity index (χ0n) is 26.3. The molecule has 0 aliphatic carbocycles. The predicted molar refractivity (Wildman–Crippen MR) is 200 cm³/mol. The van der Waals surface area contributed by atoms with E-state index < -0.39 is 0 Å². The third kappa shape index (κ3) is 5.68. The summed E-state index contributed by atoms with van der Waals surface area (Å²) in [6, 6.07) is 63.7. The lowest BCUT2D eigenvalue weighted by molar-refractivity contribution is 1.21. The van der Waals surface area contributed by atoms with Crippen molar-refractivity contribution in [2.75, 3.05) is 9.80 Å². The Balaban J connectivity index is 1.22. The van der Waals surface area contributed by atoms with Crippen molar-refractivity contribution in [1.82, 2.24) is 9.97 Å². The Morgan fingerprint density at radius 3 is 1.31 bits per heavy atom. The van der Waals surface area contributed by atoms with Crippen LogP contribution in [0.1, 0.15) is 0 Å². The molecule has 7 aromatic carbocycles. The zero-order valence-corrected chi connectivity index (χ0v) is 26.3. The molecule has 228 valence electrons. The van der Waals surface area contributed by atoms with Crippen LogP contribution in [0.3, 0.4) is 0 Å². The number of para-hydroxylation sites is 2. The Kier molecular flexibility index (Phi) is 7.87. The van der Waals surface area contributed by atoms with Gasteiger partial charge in [-0.1, -0.05) is 115 Å². The Bertz CT molecular complexity index is 2220. The SMILES string of the molecule is c1ccc(-c2nccnc2-c2ccc(N(c3ccc(N(c4ccccc4)c4ccccc4)cc3)c3cccc4ccccc34)cc2)cc1. The van der Waals surface area contributed by atoms with Crippen LogP contribution in [0, 0.1) is 0 Å². The molecule has 4 heteroatoms. The second kappa shape index (κ2) is 13.1. The fourth-order valence-corrected chi connectivity index (χ4v) is 6.31. The first kappa shape index (κ1) is 28.9. The highest BCUT2D eigenvalue weighted by atomic mass is 15.2. The van der Waals surface area contributed by atoms with Crippen molar-refractivity contribution >= 4 is 44.9 Å². The molecular weight excluding hydrogens is 585 g/mol. The number of aromatic nitrogens is 2. The molecule has 0 atom stereocenters. The molecule has 0 aliphatic rings. The summed E-state index contributed by atoms with van der Waals surface area (Å²) in [4.78, 5) is 14.1. The summed E-state index contributed by atoms with van der Waals surface area (Å²) in [6.45, 7) is 0. The Morgan fingerprint density at radius 1 is 0.312 bits per heavy atom. The van der Waals surface area contributed by atoms with Crippen LogP contribution >= 0.6 is 0 Å². The third-order valence-corrected chi connectivity index (χ3v) is 8.55. The molecule has 8 rings (SSSR count). The van der Waals surface area contributed by atoms with Crippen LogP contribution in [0.4, 0.5) is 34.1 Å². The van der Waals surface area contributed by atoms with Crippen molar-refractivity contribution in [2.24, 2.45) is 0 Å². The van der Waals surface area contributed by atoms with Crippen LogP contribution in [0.2, 0.25) is 0 Å². The van der Waals surface area contributed by atoms with E-state index in [-0.39, 0.29) is 0 Å². The molecule has 0 bridgehead atoms. The van der Waals surface area contributed by atoms with Crippen molar-refractivity contribution in [3.63, 3.8) is 0 Å². The minimum absolute atomic E-state index is 0.859. The molecule has 48 heavy (non-hydrogen) atoms. The Morgan fingerprint density at radius 2 is 0.729 bits per heavy atom. The van der Waals surface area contributed by atoms with Gasteiger partial charge < -0.3 is 9.80 Å². The van der Waals surface area contributed by atoms with Crippen molar-refractivity contribution in [3.05, 3.63) is 194 Å². The monoisotopic (exact) mass is 616 g/mol. The van der Waals surface area contributed by atoms with Gasteiger partial charge in [0.2, 0.25) is 0 Å². The van der Waals surface area contributed by atoms with Crippen molar-refractivity contribution < 1.29 is 0 Å². The second-order valence-electron chi connectivity index (χ2n) is 11.5. The highest BCUT2D eigenvalue weighted by molar-refractivity contribution is 5.99. The molecule has 0 N–H and O–H groups in total. The lowest BCUT2D eigenvalue weighted by Gasteiger charge is -2.29. The van der Waals surface area contributed by atoms with Gasteiger partial charge in [-0.15, -0.1) is 0 Å². The average Bonchev–Trinajstić information content (AvgIpc) is 3.17. The smallest absolute Gasteiger partial charge is 0.0965 e. The normalized spacial score (nSPS) is 10.9.